The van der Waals surface area contributed by atoms with E-state index in [2.05, 4.69) is 51.1 Å². The second-order valence-electron chi connectivity index (χ2n) is 6.55. The lowest BCUT2D eigenvalue weighted by molar-refractivity contribution is 0.313. The second-order valence-corrected chi connectivity index (χ2v) is 6.55. The summed E-state index contributed by atoms with van der Waals surface area (Å²) in [6.07, 6.45) is 5.05. The molecule has 1 aromatic heterocycles. The minimum atomic E-state index is 0.764. The third-order valence-electron chi connectivity index (χ3n) is 4.71. The average Bonchev–Trinajstić information content (AvgIpc) is 3.23. The molecule has 0 atom stereocenters. The quantitative estimate of drug-likeness (QED) is 0.673. The Morgan fingerprint density at radius 2 is 1.69 bits per heavy atom. The molecule has 0 radical (unpaired) electrons. The standard InChI is InChI=1S/C21H22N4O/c1-24-10-12-25(13-11-24)20-8-2-17(3-9-20)14-23-19-6-4-18(5-7-19)21-15-22-16-26-21/h2-9,14-16H,10-13H2,1H3. The van der Waals surface area contributed by atoms with Gasteiger partial charge in [0.1, 0.15) is 0 Å². The summed E-state index contributed by atoms with van der Waals surface area (Å²) in [6.45, 7) is 4.41. The van der Waals surface area contributed by atoms with E-state index in [-0.39, 0.29) is 0 Å². The first-order valence-corrected chi connectivity index (χ1v) is 8.84. The summed E-state index contributed by atoms with van der Waals surface area (Å²) in [5, 5.41) is 0. The van der Waals surface area contributed by atoms with Gasteiger partial charge in [-0.1, -0.05) is 12.1 Å². The monoisotopic (exact) mass is 346 g/mol. The van der Waals surface area contributed by atoms with Crippen molar-refractivity contribution in [3.05, 3.63) is 66.7 Å². The Bertz CT molecular complexity index is 846. The van der Waals surface area contributed by atoms with E-state index in [0.717, 1.165) is 48.8 Å². The lowest BCUT2D eigenvalue weighted by atomic mass is 10.1. The fourth-order valence-electron chi connectivity index (χ4n) is 3.06. The number of hydrogen-bond donors (Lipinski definition) is 0. The molecule has 5 heteroatoms. The molecule has 1 aliphatic heterocycles. The summed E-state index contributed by atoms with van der Waals surface area (Å²) in [6, 6.07) is 16.5. The highest BCUT2D eigenvalue weighted by atomic mass is 16.3. The molecule has 2 aromatic carbocycles. The largest absolute Gasteiger partial charge is 0.444 e. The fourth-order valence-corrected chi connectivity index (χ4v) is 3.06. The number of rotatable bonds is 4. The maximum atomic E-state index is 5.30. The van der Waals surface area contributed by atoms with Crippen molar-refractivity contribution in [2.45, 2.75) is 0 Å². The first kappa shape index (κ1) is 16.5. The van der Waals surface area contributed by atoms with Gasteiger partial charge in [0, 0.05) is 43.6 Å². The Balaban J connectivity index is 1.40. The van der Waals surface area contributed by atoms with Crippen molar-refractivity contribution in [2.24, 2.45) is 4.99 Å². The van der Waals surface area contributed by atoms with E-state index < -0.39 is 0 Å². The number of nitrogens with zero attached hydrogens (tertiary/aromatic N) is 4. The van der Waals surface area contributed by atoms with Crippen LogP contribution in [0.5, 0.6) is 0 Å². The van der Waals surface area contributed by atoms with Crippen molar-refractivity contribution in [1.29, 1.82) is 0 Å². The molecular formula is C21H22N4O. The van der Waals surface area contributed by atoms with Crippen LogP contribution < -0.4 is 4.90 Å². The lowest BCUT2D eigenvalue weighted by Crippen LogP contribution is -2.44. The van der Waals surface area contributed by atoms with Gasteiger partial charge in [-0.15, -0.1) is 0 Å². The average molecular weight is 346 g/mol. The zero-order valence-electron chi connectivity index (χ0n) is 14.9. The number of piperazine rings is 1. The number of hydrogen-bond acceptors (Lipinski definition) is 5. The molecule has 0 N–H and O–H groups in total. The summed E-state index contributed by atoms with van der Waals surface area (Å²) in [5.74, 6) is 0.764. The van der Waals surface area contributed by atoms with Gasteiger partial charge in [0.15, 0.2) is 12.2 Å². The lowest BCUT2D eigenvalue weighted by Gasteiger charge is -2.34. The highest BCUT2D eigenvalue weighted by molar-refractivity contribution is 5.82. The van der Waals surface area contributed by atoms with Gasteiger partial charge in [0.2, 0.25) is 0 Å². The van der Waals surface area contributed by atoms with E-state index in [9.17, 15) is 0 Å². The van der Waals surface area contributed by atoms with Gasteiger partial charge in [-0.3, -0.25) is 4.99 Å². The van der Waals surface area contributed by atoms with Crippen LogP contribution in [0.1, 0.15) is 5.56 Å². The molecule has 26 heavy (non-hydrogen) atoms. The number of oxazole rings is 1. The van der Waals surface area contributed by atoms with Crippen LogP contribution >= 0.6 is 0 Å². The topological polar surface area (TPSA) is 44.9 Å². The summed E-state index contributed by atoms with van der Waals surface area (Å²) < 4.78 is 5.30. The predicted molar refractivity (Wildman–Crippen MR) is 105 cm³/mol. The smallest absolute Gasteiger partial charge is 0.181 e. The summed E-state index contributed by atoms with van der Waals surface area (Å²) >= 11 is 0. The Morgan fingerprint density at radius 3 is 2.35 bits per heavy atom. The second kappa shape index (κ2) is 7.54. The summed E-state index contributed by atoms with van der Waals surface area (Å²) in [5.41, 5.74) is 4.29. The number of likely N-dealkylation sites (N-methyl/N-ethyl adjacent to an activating group) is 1. The minimum Gasteiger partial charge on any atom is -0.444 e. The molecule has 0 spiro atoms. The van der Waals surface area contributed by atoms with Crippen LogP contribution in [-0.2, 0) is 0 Å². The number of aromatic nitrogens is 1. The van der Waals surface area contributed by atoms with Crippen molar-refractivity contribution in [2.75, 3.05) is 38.1 Å². The van der Waals surface area contributed by atoms with Gasteiger partial charge in [0.05, 0.1) is 11.9 Å². The maximum Gasteiger partial charge on any atom is 0.181 e. The third-order valence-corrected chi connectivity index (χ3v) is 4.71. The van der Waals surface area contributed by atoms with E-state index >= 15 is 0 Å². The van der Waals surface area contributed by atoms with Gasteiger partial charge in [-0.25, -0.2) is 4.98 Å². The fraction of sp³-hybridized carbons (Fsp3) is 0.238. The molecule has 0 aliphatic carbocycles. The van der Waals surface area contributed by atoms with Crippen molar-refractivity contribution in [3.8, 4) is 11.3 Å². The molecule has 5 nitrogen and oxygen atoms in total. The van der Waals surface area contributed by atoms with Gasteiger partial charge in [-0.2, -0.15) is 0 Å². The molecule has 1 aliphatic rings. The molecule has 0 amide bonds. The number of benzene rings is 2. The van der Waals surface area contributed by atoms with Crippen LogP contribution in [0.2, 0.25) is 0 Å². The van der Waals surface area contributed by atoms with Crippen LogP contribution in [0, 0.1) is 0 Å². The van der Waals surface area contributed by atoms with Crippen LogP contribution in [-0.4, -0.2) is 49.3 Å². The van der Waals surface area contributed by atoms with Crippen LogP contribution in [0.4, 0.5) is 11.4 Å². The number of anilines is 1. The molecule has 2 heterocycles. The summed E-state index contributed by atoms with van der Waals surface area (Å²) in [7, 11) is 2.18. The van der Waals surface area contributed by atoms with Crippen LogP contribution in [0.15, 0.2) is 70.5 Å². The van der Waals surface area contributed by atoms with Crippen molar-refractivity contribution >= 4 is 17.6 Å². The van der Waals surface area contributed by atoms with E-state index in [1.165, 1.54) is 12.1 Å². The van der Waals surface area contributed by atoms with E-state index in [0.29, 0.717) is 0 Å². The van der Waals surface area contributed by atoms with Gasteiger partial charge in [0.25, 0.3) is 0 Å². The zero-order chi connectivity index (χ0) is 17.8. The van der Waals surface area contributed by atoms with Crippen LogP contribution in [0.3, 0.4) is 0 Å². The SMILES string of the molecule is CN1CCN(c2ccc(C=Nc3ccc(-c4cnco4)cc3)cc2)CC1. The summed E-state index contributed by atoms with van der Waals surface area (Å²) in [4.78, 5) is 13.3. The molecule has 4 rings (SSSR count). The molecule has 0 saturated carbocycles. The third kappa shape index (κ3) is 3.83. The molecule has 1 saturated heterocycles. The van der Waals surface area contributed by atoms with Gasteiger partial charge >= 0.3 is 0 Å². The maximum absolute atomic E-state index is 5.30. The molecule has 0 unspecified atom stereocenters. The number of aliphatic imine (C=N–C) groups is 1. The first-order chi connectivity index (χ1) is 12.8. The van der Waals surface area contributed by atoms with Crippen molar-refractivity contribution in [1.82, 2.24) is 9.88 Å². The first-order valence-electron chi connectivity index (χ1n) is 8.84. The Hall–Kier alpha value is -2.92. The van der Waals surface area contributed by atoms with E-state index in [1.807, 2.05) is 30.5 Å². The highest BCUT2D eigenvalue weighted by Crippen LogP contribution is 2.22. The predicted octanol–water partition coefficient (Wildman–Crippen LogP) is 3.84. The Kier molecular flexibility index (Phi) is 4.80. The molecule has 3 aromatic rings. The van der Waals surface area contributed by atoms with Crippen LogP contribution in [0.25, 0.3) is 11.3 Å². The Morgan fingerprint density at radius 1 is 0.962 bits per heavy atom. The Labute approximate surface area is 153 Å². The van der Waals surface area contributed by atoms with E-state index in [4.69, 9.17) is 4.42 Å². The minimum absolute atomic E-state index is 0.764. The molecule has 0 bridgehead atoms. The molecule has 1 fully saturated rings. The molecule has 132 valence electrons. The van der Waals surface area contributed by atoms with Gasteiger partial charge < -0.3 is 14.2 Å². The normalized spacial score (nSPS) is 15.7. The van der Waals surface area contributed by atoms with E-state index in [1.54, 1.807) is 6.20 Å². The van der Waals surface area contributed by atoms with Crippen molar-refractivity contribution in [3.63, 3.8) is 0 Å². The zero-order valence-corrected chi connectivity index (χ0v) is 14.9. The van der Waals surface area contributed by atoms with Gasteiger partial charge in [-0.05, 0) is 49.0 Å². The molecular weight excluding hydrogens is 324 g/mol. The van der Waals surface area contributed by atoms with Crippen molar-refractivity contribution < 1.29 is 4.42 Å². The highest BCUT2D eigenvalue weighted by Gasteiger charge is 2.13.